The van der Waals surface area contributed by atoms with Crippen molar-refractivity contribution in [2.75, 3.05) is 11.9 Å². The number of pyridine rings is 1. The maximum Gasteiger partial charge on any atom is 0.263 e. The quantitative estimate of drug-likeness (QED) is 0.765. The second-order valence-corrected chi connectivity index (χ2v) is 6.23. The van der Waals surface area contributed by atoms with Crippen molar-refractivity contribution in [2.24, 2.45) is 0 Å². The van der Waals surface area contributed by atoms with Crippen LogP contribution >= 0.6 is 0 Å². The van der Waals surface area contributed by atoms with Gasteiger partial charge in [0.05, 0.1) is 6.54 Å². The molecule has 0 aliphatic carbocycles. The van der Waals surface area contributed by atoms with Crippen molar-refractivity contribution in [1.29, 1.82) is 0 Å². The van der Waals surface area contributed by atoms with Gasteiger partial charge in [-0.1, -0.05) is 36.4 Å². The first-order chi connectivity index (χ1) is 12.8. The van der Waals surface area contributed by atoms with Crippen molar-refractivity contribution in [1.82, 2.24) is 19.7 Å². The van der Waals surface area contributed by atoms with E-state index in [1.807, 2.05) is 42.5 Å². The minimum atomic E-state index is -0.976. The molecule has 132 valence electrons. The fraction of sp³-hybridized carbons (Fsp3) is 0.263. The Morgan fingerprint density at radius 2 is 2.12 bits per heavy atom. The number of nitrogens with one attached hydrogen (secondary N) is 1. The normalized spacial score (nSPS) is 19.4. The van der Waals surface area contributed by atoms with Gasteiger partial charge in [0.15, 0.2) is 5.60 Å². The third-order valence-electron chi connectivity index (χ3n) is 4.46. The average Bonchev–Trinajstić information content (AvgIpc) is 3.34. The molecule has 26 heavy (non-hydrogen) atoms. The van der Waals surface area contributed by atoms with Gasteiger partial charge in [-0.2, -0.15) is 0 Å². The molecule has 1 saturated heterocycles. The van der Waals surface area contributed by atoms with Gasteiger partial charge in [0, 0.05) is 19.0 Å². The lowest BCUT2D eigenvalue weighted by Crippen LogP contribution is -2.40. The van der Waals surface area contributed by atoms with Gasteiger partial charge in [-0.3, -0.25) is 15.1 Å². The number of rotatable bonds is 5. The van der Waals surface area contributed by atoms with Crippen LogP contribution in [0.5, 0.6) is 0 Å². The Bertz CT molecular complexity index is 873. The predicted octanol–water partition coefficient (Wildman–Crippen LogP) is 2.37. The zero-order valence-electron chi connectivity index (χ0n) is 14.2. The van der Waals surface area contributed by atoms with E-state index in [0.29, 0.717) is 19.6 Å². The highest BCUT2D eigenvalue weighted by atomic mass is 16.5. The zero-order chi connectivity index (χ0) is 17.8. The molecule has 0 bridgehead atoms. The Labute approximate surface area is 151 Å². The lowest BCUT2D eigenvalue weighted by Gasteiger charge is -2.26. The van der Waals surface area contributed by atoms with Gasteiger partial charge in [0.25, 0.3) is 5.91 Å². The largest absolute Gasteiger partial charge is 0.360 e. The molecule has 0 saturated carbocycles. The van der Waals surface area contributed by atoms with Gasteiger partial charge >= 0.3 is 0 Å². The summed E-state index contributed by atoms with van der Waals surface area (Å²) in [6.45, 7) is 1.10. The smallest absolute Gasteiger partial charge is 0.263 e. The SMILES string of the molecule is O=C(Nc1ncn(Cc2cccnc2)n1)C1(c2ccccc2)CCCO1. The maximum absolute atomic E-state index is 13.0. The summed E-state index contributed by atoms with van der Waals surface area (Å²) in [5.74, 6) is 0.0324. The van der Waals surface area contributed by atoms with Crippen molar-refractivity contribution >= 4 is 11.9 Å². The number of hydrogen-bond acceptors (Lipinski definition) is 5. The molecular weight excluding hydrogens is 330 g/mol. The van der Waals surface area contributed by atoms with Gasteiger partial charge in [0.2, 0.25) is 5.95 Å². The number of amides is 1. The number of carbonyl (C=O) groups excluding carboxylic acids is 1. The molecule has 1 N–H and O–H groups in total. The molecule has 1 amide bonds. The van der Waals surface area contributed by atoms with Crippen molar-refractivity contribution in [3.63, 3.8) is 0 Å². The highest BCUT2D eigenvalue weighted by Crippen LogP contribution is 2.37. The van der Waals surface area contributed by atoms with Gasteiger partial charge in [-0.25, -0.2) is 9.67 Å². The van der Waals surface area contributed by atoms with Gasteiger partial charge in [-0.05, 0) is 30.0 Å². The molecule has 1 aliphatic rings. The van der Waals surface area contributed by atoms with E-state index in [1.165, 1.54) is 0 Å². The Morgan fingerprint density at radius 1 is 1.23 bits per heavy atom. The van der Waals surface area contributed by atoms with Crippen molar-refractivity contribution in [2.45, 2.75) is 25.0 Å². The van der Waals surface area contributed by atoms with Crippen molar-refractivity contribution in [3.05, 3.63) is 72.3 Å². The first-order valence-corrected chi connectivity index (χ1v) is 8.55. The highest BCUT2D eigenvalue weighted by molar-refractivity contribution is 5.97. The molecule has 2 aromatic heterocycles. The van der Waals surface area contributed by atoms with Crippen LogP contribution < -0.4 is 5.32 Å². The number of ether oxygens (including phenoxy) is 1. The number of aromatic nitrogens is 4. The zero-order valence-corrected chi connectivity index (χ0v) is 14.2. The first-order valence-electron chi connectivity index (χ1n) is 8.55. The Balaban J connectivity index is 1.51. The first kappa shape index (κ1) is 16.4. The van der Waals surface area contributed by atoms with Crippen LogP contribution in [0.15, 0.2) is 61.2 Å². The summed E-state index contributed by atoms with van der Waals surface area (Å²) in [4.78, 5) is 21.2. The summed E-state index contributed by atoms with van der Waals surface area (Å²) in [6, 6.07) is 13.4. The van der Waals surface area contributed by atoms with E-state index >= 15 is 0 Å². The molecule has 3 aromatic rings. The minimum absolute atomic E-state index is 0.236. The second-order valence-electron chi connectivity index (χ2n) is 6.23. The number of benzene rings is 1. The molecule has 1 fully saturated rings. The fourth-order valence-electron chi connectivity index (χ4n) is 3.19. The Morgan fingerprint density at radius 3 is 2.85 bits per heavy atom. The van der Waals surface area contributed by atoms with Crippen LogP contribution in [0.25, 0.3) is 0 Å². The van der Waals surface area contributed by atoms with Crippen LogP contribution in [0.4, 0.5) is 5.95 Å². The van der Waals surface area contributed by atoms with Gasteiger partial charge in [0.1, 0.15) is 6.33 Å². The minimum Gasteiger partial charge on any atom is -0.360 e. The van der Waals surface area contributed by atoms with E-state index in [9.17, 15) is 4.79 Å². The maximum atomic E-state index is 13.0. The van der Waals surface area contributed by atoms with E-state index in [0.717, 1.165) is 17.5 Å². The highest BCUT2D eigenvalue weighted by Gasteiger charge is 2.44. The standard InChI is InChI=1S/C19H19N5O2/c25-17(19(9-5-11-26-19)16-7-2-1-3-8-16)22-18-21-14-24(23-18)13-15-6-4-10-20-12-15/h1-4,6-8,10,12,14H,5,9,11,13H2,(H,22,23,25). The molecule has 1 unspecified atom stereocenters. The summed E-state index contributed by atoms with van der Waals surface area (Å²) < 4.78 is 7.54. The number of anilines is 1. The second kappa shape index (κ2) is 7.05. The molecule has 7 nitrogen and oxygen atoms in total. The van der Waals surface area contributed by atoms with Crippen molar-refractivity contribution < 1.29 is 9.53 Å². The molecule has 1 atom stereocenters. The summed E-state index contributed by atoms with van der Waals surface area (Å²) in [5.41, 5.74) is 0.885. The monoisotopic (exact) mass is 349 g/mol. The van der Waals surface area contributed by atoms with Gasteiger partial charge < -0.3 is 4.74 Å². The third kappa shape index (κ3) is 3.21. The molecule has 1 aliphatic heterocycles. The molecular formula is C19H19N5O2. The van der Waals surface area contributed by atoms with Crippen molar-refractivity contribution in [3.8, 4) is 0 Å². The number of nitrogens with zero attached hydrogens (tertiary/aromatic N) is 4. The molecule has 0 spiro atoms. The van der Waals surface area contributed by atoms with Crippen LogP contribution in [0, 0.1) is 0 Å². The number of hydrogen-bond donors (Lipinski definition) is 1. The Hall–Kier alpha value is -3.06. The molecule has 1 aromatic carbocycles. The van der Waals surface area contributed by atoms with Gasteiger partial charge in [-0.15, -0.1) is 5.10 Å². The van der Waals surface area contributed by atoms with Crippen LogP contribution in [-0.4, -0.2) is 32.3 Å². The summed E-state index contributed by atoms with van der Waals surface area (Å²) in [5, 5.41) is 7.14. The predicted molar refractivity (Wildman–Crippen MR) is 95.3 cm³/mol. The van der Waals surface area contributed by atoms with E-state index in [-0.39, 0.29) is 11.9 Å². The molecule has 7 heteroatoms. The fourth-order valence-corrected chi connectivity index (χ4v) is 3.19. The van der Waals surface area contributed by atoms with Crippen LogP contribution in [-0.2, 0) is 21.7 Å². The van der Waals surface area contributed by atoms with Crippen LogP contribution in [0.2, 0.25) is 0 Å². The van der Waals surface area contributed by atoms with E-state index in [1.54, 1.807) is 23.4 Å². The lowest BCUT2D eigenvalue weighted by molar-refractivity contribution is -0.136. The van der Waals surface area contributed by atoms with E-state index in [4.69, 9.17) is 4.74 Å². The average molecular weight is 349 g/mol. The summed E-state index contributed by atoms with van der Waals surface area (Å²) in [7, 11) is 0. The lowest BCUT2D eigenvalue weighted by atomic mass is 9.90. The number of carbonyl (C=O) groups is 1. The Kier molecular flexibility index (Phi) is 4.45. The molecule has 4 rings (SSSR count). The third-order valence-corrected chi connectivity index (χ3v) is 4.46. The summed E-state index contributed by atoms with van der Waals surface area (Å²) >= 11 is 0. The molecule has 0 radical (unpaired) electrons. The van der Waals surface area contributed by atoms with E-state index in [2.05, 4.69) is 20.4 Å². The molecule has 3 heterocycles. The van der Waals surface area contributed by atoms with E-state index < -0.39 is 5.60 Å². The topological polar surface area (TPSA) is 81.9 Å². The van der Waals surface area contributed by atoms with Crippen LogP contribution in [0.1, 0.15) is 24.0 Å². The summed E-state index contributed by atoms with van der Waals surface area (Å²) in [6.07, 6.45) is 6.57. The van der Waals surface area contributed by atoms with Crippen LogP contribution in [0.3, 0.4) is 0 Å².